The van der Waals surface area contributed by atoms with Gasteiger partial charge < -0.3 is 9.73 Å². The van der Waals surface area contributed by atoms with Gasteiger partial charge in [-0.25, -0.2) is 4.39 Å². The number of halogens is 1. The van der Waals surface area contributed by atoms with Crippen molar-refractivity contribution in [3.63, 3.8) is 0 Å². The molecule has 0 atom stereocenters. The van der Waals surface area contributed by atoms with E-state index < -0.39 is 0 Å². The zero-order chi connectivity index (χ0) is 13.7. The van der Waals surface area contributed by atoms with Gasteiger partial charge in [0, 0.05) is 6.42 Å². The summed E-state index contributed by atoms with van der Waals surface area (Å²) < 4.78 is 19.2. The molecule has 1 aromatic carbocycles. The van der Waals surface area contributed by atoms with Crippen LogP contribution in [0.3, 0.4) is 0 Å². The predicted octanol–water partition coefficient (Wildman–Crippen LogP) is 2.73. The number of nitrogens with zero attached hydrogens (tertiary/aromatic N) is 2. The molecule has 1 N–H and O–H groups in total. The molecular weight excluding hydrogens is 245 g/mol. The van der Waals surface area contributed by atoms with Crippen LogP contribution in [0.15, 0.2) is 22.6 Å². The first-order valence-corrected chi connectivity index (χ1v) is 6.50. The average Bonchev–Trinajstić information content (AvgIpc) is 2.86. The molecule has 0 spiro atoms. The Kier molecular flexibility index (Phi) is 4.63. The molecule has 2 aromatic rings. The van der Waals surface area contributed by atoms with Gasteiger partial charge in [0.25, 0.3) is 5.89 Å². The Labute approximate surface area is 112 Å². The highest BCUT2D eigenvalue weighted by Crippen LogP contribution is 2.22. The highest BCUT2D eigenvalue weighted by Gasteiger charge is 2.12. The monoisotopic (exact) mass is 263 g/mol. The summed E-state index contributed by atoms with van der Waals surface area (Å²) >= 11 is 0. The van der Waals surface area contributed by atoms with Crippen LogP contribution in [0, 0.1) is 12.7 Å². The van der Waals surface area contributed by atoms with Crippen LogP contribution in [0.25, 0.3) is 11.5 Å². The van der Waals surface area contributed by atoms with Gasteiger partial charge in [-0.15, -0.1) is 10.2 Å². The van der Waals surface area contributed by atoms with Gasteiger partial charge in [-0.2, -0.15) is 0 Å². The van der Waals surface area contributed by atoms with E-state index >= 15 is 0 Å². The first-order chi connectivity index (χ1) is 9.20. The summed E-state index contributed by atoms with van der Waals surface area (Å²) in [6.45, 7) is 5.82. The minimum absolute atomic E-state index is 0.250. The van der Waals surface area contributed by atoms with Crippen molar-refractivity contribution in [2.24, 2.45) is 0 Å². The van der Waals surface area contributed by atoms with E-state index in [1.807, 2.05) is 6.92 Å². The number of hydrogen-bond acceptors (Lipinski definition) is 4. The van der Waals surface area contributed by atoms with E-state index in [0.717, 1.165) is 25.1 Å². The Morgan fingerprint density at radius 2 is 2.16 bits per heavy atom. The molecule has 2 rings (SSSR count). The van der Waals surface area contributed by atoms with E-state index in [1.54, 1.807) is 12.1 Å². The molecule has 1 aromatic heterocycles. The lowest BCUT2D eigenvalue weighted by atomic mass is 10.1. The van der Waals surface area contributed by atoms with Crippen LogP contribution in [-0.4, -0.2) is 23.3 Å². The van der Waals surface area contributed by atoms with Gasteiger partial charge in [0.2, 0.25) is 5.89 Å². The number of nitrogens with one attached hydrogen (secondary N) is 1. The molecule has 0 saturated carbocycles. The fraction of sp³-hybridized carbons (Fsp3) is 0.429. The van der Waals surface area contributed by atoms with Gasteiger partial charge in [0.05, 0.1) is 5.56 Å². The fourth-order valence-electron chi connectivity index (χ4n) is 1.81. The maximum absolute atomic E-state index is 13.7. The lowest BCUT2D eigenvalue weighted by Crippen LogP contribution is -2.14. The van der Waals surface area contributed by atoms with Crippen LogP contribution < -0.4 is 5.32 Å². The number of aromatic nitrogens is 2. The van der Waals surface area contributed by atoms with E-state index in [2.05, 4.69) is 22.4 Å². The van der Waals surface area contributed by atoms with Crippen molar-refractivity contribution in [1.29, 1.82) is 0 Å². The van der Waals surface area contributed by atoms with Crippen molar-refractivity contribution in [2.75, 3.05) is 13.1 Å². The van der Waals surface area contributed by atoms with Gasteiger partial charge in [0.1, 0.15) is 5.82 Å². The molecule has 102 valence electrons. The van der Waals surface area contributed by atoms with E-state index in [9.17, 15) is 4.39 Å². The van der Waals surface area contributed by atoms with E-state index in [-0.39, 0.29) is 11.7 Å². The quantitative estimate of drug-likeness (QED) is 0.814. The lowest BCUT2D eigenvalue weighted by molar-refractivity contribution is 0.489. The third-order valence-electron chi connectivity index (χ3n) is 2.81. The summed E-state index contributed by atoms with van der Waals surface area (Å²) in [5, 5.41) is 11.1. The molecule has 0 saturated heterocycles. The molecule has 0 unspecified atom stereocenters. The van der Waals surface area contributed by atoms with Crippen LogP contribution in [-0.2, 0) is 6.42 Å². The first-order valence-electron chi connectivity index (χ1n) is 6.50. The molecule has 4 nitrogen and oxygen atoms in total. The Balaban J connectivity index is 2.06. The maximum Gasteiger partial charge on any atom is 0.250 e. The standard InChI is InChI=1S/C14H18FN3O/c1-3-16-8-4-5-13-17-18-14(19-13)11-9-10(2)6-7-12(11)15/h6-7,9,16H,3-5,8H2,1-2H3. The van der Waals surface area contributed by atoms with Gasteiger partial charge in [-0.1, -0.05) is 18.6 Å². The van der Waals surface area contributed by atoms with E-state index in [4.69, 9.17) is 4.42 Å². The topological polar surface area (TPSA) is 51.0 Å². The van der Waals surface area contributed by atoms with E-state index in [1.165, 1.54) is 6.07 Å². The maximum atomic E-state index is 13.7. The molecule has 0 amide bonds. The molecule has 19 heavy (non-hydrogen) atoms. The number of aryl methyl sites for hydroxylation is 2. The Morgan fingerprint density at radius 3 is 2.95 bits per heavy atom. The summed E-state index contributed by atoms with van der Waals surface area (Å²) in [6, 6.07) is 4.84. The molecule has 0 aliphatic heterocycles. The first kappa shape index (κ1) is 13.7. The lowest BCUT2D eigenvalue weighted by Gasteiger charge is -1.99. The number of hydrogen-bond donors (Lipinski definition) is 1. The smallest absolute Gasteiger partial charge is 0.250 e. The van der Waals surface area contributed by atoms with Crippen molar-refractivity contribution in [2.45, 2.75) is 26.7 Å². The Bertz CT molecular complexity index is 539. The van der Waals surface area contributed by atoms with Gasteiger partial charge >= 0.3 is 0 Å². The van der Waals surface area contributed by atoms with Gasteiger partial charge in [-0.3, -0.25) is 0 Å². The summed E-state index contributed by atoms with van der Waals surface area (Å²) in [7, 11) is 0. The molecule has 5 heteroatoms. The minimum Gasteiger partial charge on any atom is -0.421 e. The zero-order valence-electron chi connectivity index (χ0n) is 11.2. The molecule has 0 aliphatic rings. The summed E-state index contributed by atoms with van der Waals surface area (Å²) in [6.07, 6.45) is 1.62. The van der Waals surface area contributed by atoms with Crippen LogP contribution in [0.4, 0.5) is 4.39 Å². The average molecular weight is 263 g/mol. The Hall–Kier alpha value is -1.75. The van der Waals surface area contributed by atoms with Gasteiger partial charge in [-0.05, 0) is 38.6 Å². The van der Waals surface area contributed by atoms with Crippen LogP contribution >= 0.6 is 0 Å². The SMILES string of the molecule is CCNCCCc1nnc(-c2cc(C)ccc2F)o1. The van der Waals surface area contributed by atoms with Crippen LogP contribution in [0.5, 0.6) is 0 Å². The van der Waals surface area contributed by atoms with Crippen LogP contribution in [0.2, 0.25) is 0 Å². The summed E-state index contributed by atoms with van der Waals surface area (Å²) in [5.41, 5.74) is 1.33. The van der Waals surface area contributed by atoms with Crippen molar-refractivity contribution >= 4 is 0 Å². The second-order valence-corrected chi connectivity index (χ2v) is 4.44. The largest absolute Gasteiger partial charge is 0.421 e. The number of benzene rings is 1. The normalized spacial score (nSPS) is 10.9. The molecule has 0 fully saturated rings. The van der Waals surface area contributed by atoms with Crippen LogP contribution in [0.1, 0.15) is 24.8 Å². The fourth-order valence-corrected chi connectivity index (χ4v) is 1.81. The third kappa shape index (κ3) is 3.61. The summed E-state index contributed by atoms with van der Waals surface area (Å²) in [4.78, 5) is 0. The molecule has 0 radical (unpaired) electrons. The van der Waals surface area contributed by atoms with Crippen molar-refractivity contribution < 1.29 is 8.81 Å². The van der Waals surface area contributed by atoms with Crippen molar-refractivity contribution in [1.82, 2.24) is 15.5 Å². The minimum atomic E-state index is -0.339. The zero-order valence-corrected chi connectivity index (χ0v) is 11.2. The Morgan fingerprint density at radius 1 is 1.32 bits per heavy atom. The number of rotatable bonds is 6. The molecule has 0 aliphatic carbocycles. The highest BCUT2D eigenvalue weighted by atomic mass is 19.1. The molecule has 1 heterocycles. The van der Waals surface area contributed by atoms with Gasteiger partial charge in [0.15, 0.2) is 0 Å². The molecular formula is C14H18FN3O. The second-order valence-electron chi connectivity index (χ2n) is 4.44. The van der Waals surface area contributed by atoms with Crippen molar-refractivity contribution in [3.05, 3.63) is 35.5 Å². The highest BCUT2D eigenvalue weighted by molar-refractivity contribution is 5.54. The predicted molar refractivity (Wildman–Crippen MR) is 71.3 cm³/mol. The molecule has 0 bridgehead atoms. The third-order valence-corrected chi connectivity index (χ3v) is 2.81. The summed E-state index contributed by atoms with van der Waals surface area (Å²) in [5.74, 6) is 0.460. The van der Waals surface area contributed by atoms with E-state index in [0.29, 0.717) is 17.9 Å². The van der Waals surface area contributed by atoms with Crippen molar-refractivity contribution in [3.8, 4) is 11.5 Å². The second kappa shape index (κ2) is 6.43.